The molecule has 1 aliphatic rings. The third-order valence-corrected chi connectivity index (χ3v) is 5.79. The maximum absolute atomic E-state index is 10.4. The lowest BCUT2D eigenvalue weighted by Gasteiger charge is -2.24. The predicted molar refractivity (Wildman–Crippen MR) is 123 cm³/mol. The Morgan fingerprint density at radius 2 is 2.12 bits per heavy atom. The highest BCUT2D eigenvalue weighted by atomic mass is 16.5. The average Bonchev–Trinajstić information content (AvgIpc) is 3.50. The second-order valence-electron chi connectivity index (χ2n) is 8.57. The first kappa shape index (κ1) is 21.7. The first-order chi connectivity index (χ1) is 16.1. The van der Waals surface area contributed by atoms with Crippen molar-refractivity contribution in [2.75, 3.05) is 13.2 Å². The van der Waals surface area contributed by atoms with Crippen LogP contribution in [0.3, 0.4) is 0 Å². The monoisotopic (exact) mass is 448 g/mol. The lowest BCUT2D eigenvalue weighted by atomic mass is 10.1. The average molecular weight is 449 g/mol. The van der Waals surface area contributed by atoms with E-state index in [0.717, 1.165) is 48.3 Å². The van der Waals surface area contributed by atoms with Crippen LogP contribution in [0, 0.1) is 0 Å². The molecule has 1 aromatic carbocycles. The molecule has 0 aliphatic carbocycles. The molecular formula is C24H28N6O3. The van der Waals surface area contributed by atoms with Crippen LogP contribution in [0.1, 0.15) is 51.0 Å². The van der Waals surface area contributed by atoms with Gasteiger partial charge in [0.05, 0.1) is 24.6 Å². The molecule has 5 rings (SSSR count). The summed E-state index contributed by atoms with van der Waals surface area (Å²) in [7, 11) is 0. The minimum atomic E-state index is -0.732. The Morgan fingerprint density at radius 3 is 2.94 bits per heavy atom. The van der Waals surface area contributed by atoms with E-state index in [2.05, 4.69) is 20.3 Å². The van der Waals surface area contributed by atoms with Crippen molar-refractivity contribution in [1.82, 2.24) is 29.5 Å². The predicted octanol–water partition coefficient (Wildman–Crippen LogP) is 3.84. The molecule has 0 radical (unpaired) electrons. The van der Waals surface area contributed by atoms with E-state index in [4.69, 9.17) is 9.47 Å². The highest BCUT2D eigenvalue weighted by molar-refractivity contribution is 5.77. The second-order valence-corrected chi connectivity index (χ2v) is 8.57. The fraction of sp³-hybridized carbons (Fsp3) is 0.417. The Kier molecular flexibility index (Phi) is 6.17. The van der Waals surface area contributed by atoms with Crippen molar-refractivity contribution in [3.8, 4) is 17.1 Å². The molecule has 4 aromatic rings. The van der Waals surface area contributed by atoms with Crippen molar-refractivity contribution < 1.29 is 14.6 Å². The number of rotatable bonds is 7. The molecule has 33 heavy (non-hydrogen) atoms. The summed E-state index contributed by atoms with van der Waals surface area (Å²) in [5.74, 6) is 0.767. The molecule has 172 valence electrons. The third kappa shape index (κ3) is 4.52. The molecule has 1 saturated heterocycles. The summed E-state index contributed by atoms with van der Waals surface area (Å²) in [6.07, 6.45) is 7.63. The fourth-order valence-corrected chi connectivity index (χ4v) is 4.07. The van der Waals surface area contributed by atoms with Crippen molar-refractivity contribution in [1.29, 1.82) is 0 Å². The summed E-state index contributed by atoms with van der Waals surface area (Å²) in [4.78, 5) is 4.58. The SMILES string of the molecule is CC(C)OCC(O)c1cnc2c(cnn2-c2cccc(-c3nncn3C3CCCCO3)c2)c1. The zero-order valence-electron chi connectivity index (χ0n) is 18.8. The Bertz CT molecular complexity index is 1230. The topological polar surface area (TPSA) is 100 Å². The van der Waals surface area contributed by atoms with Crippen LogP contribution in [0.15, 0.2) is 49.1 Å². The molecule has 0 amide bonds. The molecule has 9 heteroatoms. The Labute approximate surface area is 192 Å². The molecule has 9 nitrogen and oxygen atoms in total. The number of pyridine rings is 1. The third-order valence-electron chi connectivity index (χ3n) is 5.79. The maximum Gasteiger partial charge on any atom is 0.165 e. The van der Waals surface area contributed by atoms with E-state index in [1.807, 2.05) is 48.7 Å². The van der Waals surface area contributed by atoms with E-state index in [9.17, 15) is 5.11 Å². The highest BCUT2D eigenvalue weighted by Crippen LogP contribution is 2.29. The Morgan fingerprint density at radius 1 is 1.21 bits per heavy atom. The van der Waals surface area contributed by atoms with Gasteiger partial charge in [-0.3, -0.25) is 4.57 Å². The highest BCUT2D eigenvalue weighted by Gasteiger charge is 2.20. The number of aliphatic hydroxyl groups is 1. The molecular weight excluding hydrogens is 420 g/mol. The molecule has 1 N–H and O–H groups in total. The molecule has 1 aliphatic heterocycles. The van der Waals surface area contributed by atoms with Crippen molar-refractivity contribution in [3.05, 3.63) is 54.6 Å². The van der Waals surface area contributed by atoms with Gasteiger partial charge >= 0.3 is 0 Å². The summed E-state index contributed by atoms with van der Waals surface area (Å²) in [6, 6.07) is 9.89. The fourth-order valence-electron chi connectivity index (χ4n) is 4.07. The first-order valence-corrected chi connectivity index (χ1v) is 11.4. The van der Waals surface area contributed by atoms with Gasteiger partial charge in [-0.25, -0.2) is 9.67 Å². The van der Waals surface area contributed by atoms with Crippen LogP contribution < -0.4 is 0 Å². The Hall–Kier alpha value is -3.14. The zero-order chi connectivity index (χ0) is 22.8. The molecule has 2 atom stereocenters. The van der Waals surface area contributed by atoms with E-state index in [0.29, 0.717) is 11.2 Å². The number of hydrogen-bond acceptors (Lipinski definition) is 7. The van der Waals surface area contributed by atoms with Crippen molar-refractivity contribution >= 4 is 11.0 Å². The molecule has 0 saturated carbocycles. The summed E-state index contributed by atoms with van der Waals surface area (Å²) in [5.41, 5.74) is 3.22. The van der Waals surface area contributed by atoms with Crippen molar-refractivity contribution in [2.45, 2.75) is 51.5 Å². The number of benzene rings is 1. The van der Waals surface area contributed by atoms with Gasteiger partial charge in [-0.2, -0.15) is 5.10 Å². The van der Waals surface area contributed by atoms with Crippen LogP contribution >= 0.6 is 0 Å². The Balaban J connectivity index is 1.44. The minimum Gasteiger partial charge on any atom is -0.386 e. The van der Waals surface area contributed by atoms with Crippen LogP contribution in [-0.4, -0.2) is 54.0 Å². The smallest absolute Gasteiger partial charge is 0.165 e. The molecule has 0 spiro atoms. The lowest BCUT2D eigenvalue weighted by molar-refractivity contribution is -0.0311. The minimum absolute atomic E-state index is 0.0378. The van der Waals surface area contributed by atoms with Gasteiger partial charge in [-0.05, 0) is 51.3 Å². The maximum atomic E-state index is 10.4. The second kappa shape index (κ2) is 9.38. The summed E-state index contributed by atoms with van der Waals surface area (Å²) in [5, 5.41) is 24.3. The molecule has 1 fully saturated rings. The number of aliphatic hydroxyl groups excluding tert-OH is 1. The first-order valence-electron chi connectivity index (χ1n) is 11.4. The number of fused-ring (bicyclic) bond motifs is 1. The summed E-state index contributed by atoms with van der Waals surface area (Å²) < 4.78 is 15.3. The summed E-state index contributed by atoms with van der Waals surface area (Å²) >= 11 is 0. The number of hydrogen-bond donors (Lipinski definition) is 1. The van der Waals surface area contributed by atoms with E-state index >= 15 is 0 Å². The van der Waals surface area contributed by atoms with Gasteiger partial charge < -0.3 is 14.6 Å². The molecule has 0 bridgehead atoms. The van der Waals surface area contributed by atoms with Crippen LogP contribution in [-0.2, 0) is 9.47 Å². The van der Waals surface area contributed by atoms with E-state index in [-0.39, 0.29) is 18.9 Å². The lowest BCUT2D eigenvalue weighted by Crippen LogP contribution is -2.18. The van der Waals surface area contributed by atoms with Crippen LogP contribution in [0.25, 0.3) is 28.1 Å². The summed E-state index contributed by atoms with van der Waals surface area (Å²) in [6.45, 7) is 4.87. The van der Waals surface area contributed by atoms with Crippen LogP contribution in [0.4, 0.5) is 0 Å². The number of nitrogens with zero attached hydrogens (tertiary/aromatic N) is 6. The van der Waals surface area contributed by atoms with Gasteiger partial charge in [0.15, 0.2) is 11.5 Å². The molecule has 4 heterocycles. The van der Waals surface area contributed by atoms with E-state index in [1.165, 1.54) is 0 Å². The number of ether oxygens (including phenoxy) is 2. The van der Waals surface area contributed by atoms with Gasteiger partial charge in [0.25, 0.3) is 0 Å². The van der Waals surface area contributed by atoms with Crippen LogP contribution in [0.2, 0.25) is 0 Å². The molecule has 3 aromatic heterocycles. The van der Waals surface area contributed by atoms with Gasteiger partial charge in [-0.1, -0.05) is 12.1 Å². The van der Waals surface area contributed by atoms with Crippen molar-refractivity contribution in [3.63, 3.8) is 0 Å². The van der Waals surface area contributed by atoms with Gasteiger partial charge in [0, 0.05) is 29.3 Å². The normalized spacial score (nSPS) is 17.6. The molecule has 2 unspecified atom stereocenters. The van der Waals surface area contributed by atoms with E-state index < -0.39 is 6.10 Å². The van der Waals surface area contributed by atoms with Gasteiger partial charge in [-0.15, -0.1) is 10.2 Å². The van der Waals surface area contributed by atoms with Gasteiger partial charge in [0.1, 0.15) is 18.7 Å². The van der Waals surface area contributed by atoms with Crippen LogP contribution in [0.5, 0.6) is 0 Å². The zero-order valence-corrected chi connectivity index (χ0v) is 18.8. The standard InChI is InChI=1S/C24H28N6O3/c1-16(2)33-14-21(31)18-10-19-13-27-30(23(19)25-12-18)20-7-5-6-17(11-20)24-28-26-15-29(24)22-8-3-4-9-32-22/h5-7,10-13,15-16,21-22,31H,3-4,8-9,14H2,1-2H3. The largest absolute Gasteiger partial charge is 0.386 e. The van der Waals surface area contributed by atoms with Crippen molar-refractivity contribution in [2.24, 2.45) is 0 Å². The quantitative estimate of drug-likeness (QED) is 0.458. The number of aromatic nitrogens is 6. The van der Waals surface area contributed by atoms with E-state index in [1.54, 1.807) is 23.4 Å². The van der Waals surface area contributed by atoms with Gasteiger partial charge in [0.2, 0.25) is 0 Å².